The molecule has 1 saturated heterocycles. The third-order valence-corrected chi connectivity index (χ3v) is 4.31. The van der Waals surface area contributed by atoms with Gasteiger partial charge in [-0.2, -0.15) is 0 Å². The van der Waals surface area contributed by atoms with Crippen molar-refractivity contribution in [3.05, 3.63) is 33.1 Å². The van der Waals surface area contributed by atoms with E-state index in [4.69, 9.17) is 4.74 Å². The van der Waals surface area contributed by atoms with Crippen LogP contribution in [-0.2, 0) is 4.74 Å². The van der Waals surface area contributed by atoms with Gasteiger partial charge in [-0.25, -0.2) is 4.79 Å². The van der Waals surface area contributed by atoms with Gasteiger partial charge >= 0.3 is 5.69 Å². The van der Waals surface area contributed by atoms with Crippen LogP contribution in [0.5, 0.6) is 0 Å². The summed E-state index contributed by atoms with van der Waals surface area (Å²) in [4.78, 5) is 25.5. The van der Waals surface area contributed by atoms with E-state index in [1.807, 2.05) is 0 Å². The zero-order valence-corrected chi connectivity index (χ0v) is 14.8. The first-order valence-electron chi connectivity index (χ1n) is 8.05. The molecule has 2 rings (SSSR count). The van der Waals surface area contributed by atoms with Gasteiger partial charge in [0.05, 0.1) is 6.10 Å². The van der Waals surface area contributed by atoms with Crippen LogP contribution in [0.15, 0.2) is 21.9 Å². The van der Waals surface area contributed by atoms with E-state index in [-0.39, 0.29) is 22.9 Å². The molecular weight excluding hydrogens is 296 g/mol. The molecular formula is C17H28N2O4. The SMILES string of the molecule is CC(C)(C)CC1OC(n2ccc(=O)[nH]c2=O)C(O)C1C(C)(C)C. The lowest BCUT2D eigenvalue weighted by Gasteiger charge is -2.35. The fourth-order valence-corrected chi connectivity index (χ4v) is 3.45. The number of aromatic amines is 1. The van der Waals surface area contributed by atoms with Crippen LogP contribution in [0.25, 0.3) is 0 Å². The van der Waals surface area contributed by atoms with Gasteiger partial charge in [0.1, 0.15) is 6.10 Å². The average Bonchev–Trinajstić information content (AvgIpc) is 2.63. The van der Waals surface area contributed by atoms with Crippen molar-refractivity contribution in [2.24, 2.45) is 16.7 Å². The Balaban J connectivity index is 2.40. The standard InChI is InChI=1S/C17H28N2O4/c1-16(2,3)9-10-12(17(4,5)6)13(21)14(23-10)19-8-7-11(20)18-15(19)22/h7-8,10,12-14,21H,9H2,1-6H3,(H,18,20,22). The minimum absolute atomic E-state index is 0.0404. The third-order valence-electron chi connectivity index (χ3n) is 4.31. The molecule has 1 aromatic heterocycles. The molecule has 6 heteroatoms. The first kappa shape index (κ1) is 17.9. The van der Waals surface area contributed by atoms with Gasteiger partial charge in [0.2, 0.25) is 0 Å². The van der Waals surface area contributed by atoms with Gasteiger partial charge in [-0.15, -0.1) is 0 Å². The Labute approximate surface area is 136 Å². The van der Waals surface area contributed by atoms with Crippen LogP contribution in [0.4, 0.5) is 0 Å². The minimum Gasteiger partial charge on any atom is -0.388 e. The zero-order chi connectivity index (χ0) is 17.6. The molecule has 1 aliphatic rings. The fourth-order valence-electron chi connectivity index (χ4n) is 3.45. The highest BCUT2D eigenvalue weighted by atomic mass is 16.5. The van der Waals surface area contributed by atoms with Crippen LogP contribution in [0.1, 0.15) is 54.2 Å². The molecule has 0 bridgehead atoms. The number of H-pyrrole nitrogens is 1. The van der Waals surface area contributed by atoms with E-state index >= 15 is 0 Å². The molecule has 0 spiro atoms. The van der Waals surface area contributed by atoms with E-state index < -0.39 is 23.6 Å². The summed E-state index contributed by atoms with van der Waals surface area (Å²) < 4.78 is 7.36. The second kappa shape index (κ2) is 5.91. The summed E-state index contributed by atoms with van der Waals surface area (Å²) in [5.41, 5.74) is -1.16. The van der Waals surface area contributed by atoms with E-state index in [1.54, 1.807) is 0 Å². The van der Waals surface area contributed by atoms with Crippen LogP contribution in [0.2, 0.25) is 0 Å². The summed E-state index contributed by atoms with van der Waals surface area (Å²) in [6, 6.07) is 1.26. The topological polar surface area (TPSA) is 84.3 Å². The lowest BCUT2D eigenvalue weighted by atomic mass is 9.71. The molecule has 23 heavy (non-hydrogen) atoms. The number of aromatic nitrogens is 2. The summed E-state index contributed by atoms with van der Waals surface area (Å²) in [5, 5.41) is 10.8. The fraction of sp³-hybridized carbons (Fsp3) is 0.765. The monoisotopic (exact) mass is 324 g/mol. The number of rotatable bonds is 2. The number of hydrogen-bond acceptors (Lipinski definition) is 4. The summed E-state index contributed by atoms with van der Waals surface area (Å²) >= 11 is 0. The first-order chi connectivity index (χ1) is 10.4. The molecule has 2 heterocycles. The van der Waals surface area contributed by atoms with Crippen molar-refractivity contribution in [3.8, 4) is 0 Å². The Bertz CT molecular complexity index is 663. The maximum absolute atomic E-state index is 12.0. The molecule has 2 N–H and O–H groups in total. The van der Waals surface area contributed by atoms with Gasteiger partial charge in [-0.05, 0) is 17.3 Å². The molecule has 1 fully saturated rings. The number of aliphatic hydroxyl groups is 1. The van der Waals surface area contributed by atoms with Gasteiger partial charge in [0, 0.05) is 18.2 Å². The van der Waals surface area contributed by atoms with E-state index in [2.05, 4.69) is 46.5 Å². The lowest BCUT2D eigenvalue weighted by Crippen LogP contribution is -2.40. The van der Waals surface area contributed by atoms with Crippen molar-refractivity contribution >= 4 is 0 Å². The van der Waals surface area contributed by atoms with Gasteiger partial charge in [-0.1, -0.05) is 41.5 Å². The molecule has 0 saturated carbocycles. The molecule has 1 aromatic rings. The Hall–Kier alpha value is -1.40. The van der Waals surface area contributed by atoms with Crippen molar-refractivity contribution in [2.75, 3.05) is 0 Å². The van der Waals surface area contributed by atoms with Crippen LogP contribution >= 0.6 is 0 Å². The van der Waals surface area contributed by atoms with Gasteiger partial charge in [0.15, 0.2) is 6.23 Å². The molecule has 4 unspecified atom stereocenters. The molecule has 4 atom stereocenters. The van der Waals surface area contributed by atoms with Gasteiger partial charge < -0.3 is 9.84 Å². The van der Waals surface area contributed by atoms with Crippen LogP contribution in [0, 0.1) is 16.7 Å². The van der Waals surface area contributed by atoms with Gasteiger partial charge in [0.25, 0.3) is 5.56 Å². The number of hydrogen-bond donors (Lipinski definition) is 2. The predicted molar refractivity (Wildman–Crippen MR) is 88.3 cm³/mol. The van der Waals surface area contributed by atoms with E-state index in [9.17, 15) is 14.7 Å². The highest BCUT2D eigenvalue weighted by Crippen LogP contribution is 2.46. The van der Waals surface area contributed by atoms with Crippen LogP contribution in [-0.4, -0.2) is 26.9 Å². The van der Waals surface area contributed by atoms with Crippen molar-refractivity contribution in [3.63, 3.8) is 0 Å². The highest BCUT2D eigenvalue weighted by Gasteiger charge is 2.50. The number of nitrogens with zero attached hydrogens (tertiary/aromatic N) is 1. The Morgan fingerprint density at radius 3 is 2.30 bits per heavy atom. The molecule has 0 aliphatic carbocycles. The highest BCUT2D eigenvalue weighted by molar-refractivity contribution is 4.98. The second-order valence-corrected chi connectivity index (χ2v) is 8.73. The summed E-state index contributed by atoms with van der Waals surface area (Å²) in [6.45, 7) is 12.6. The molecule has 6 nitrogen and oxygen atoms in total. The minimum atomic E-state index is -0.814. The van der Waals surface area contributed by atoms with Crippen molar-refractivity contribution in [1.82, 2.24) is 9.55 Å². The summed E-state index contributed by atoms with van der Waals surface area (Å²) in [5.74, 6) is -0.106. The molecule has 0 aromatic carbocycles. The Kier molecular flexibility index (Phi) is 4.61. The summed E-state index contributed by atoms with van der Waals surface area (Å²) in [6.07, 6.45) is 0.408. The largest absolute Gasteiger partial charge is 0.388 e. The van der Waals surface area contributed by atoms with Crippen LogP contribution in [0.3, 0.4) is 0 Å². The smallest absolute Gasteiger partial charge is 0.330 e. The summed E-state index contributed by atoms with van der Waals surface area (Å²) in [7, 11) is 0. The van der Waals surface area contributed by atoms with Crippen LogP contribution < -0.4 is 11.2 Å². The Morgan fingerprint density at radius 1 is 1.22 bits per heavy atom. The quantitative estimate of drug-likeness (QED) is 0.870. The van der Waals surface area contributed by atoms with Crippen molar-refractivity contribution in [1.29, 1.82) is 0 Å². The van der Waals surface area contributed by atoms with E-state index in [0.717, 1.165) is 6.42 Å². The number of nitrogens with one attached hydrogen (secondary N) is 1. The lowest BCUT2D eigenvalue weighted by molar-refractivity contribution is -0.0496. The molecule has 0 amide bonds. The third kappa shape index (κ3) is 3.93. The van der Waals surface area contributed by atoms with E-state index in [1.165, 1.54) is 16.8 Å². The van der Waals surface area contributed by atoms with E-state index in [0.29, 0.717) is 0 Å². The zero-order valence-electron chi connectivity index (χ0n) is 14.8. The second-order valence-electron chi connectivity index (χ2n) is 8.73. The van der Waals surface area contributed by atoms with Gasteiger partial charge in [-0.3, -0.25) is 14.3 Å². The number of ether oxygens (including phenoxy) is 1. The molecule has 1 aliphatic heterocycles. The Morgan fingerprint density at radius 2 is 1.83 bits per heavy atom. The molecule has 130 valence electrons. The van der Waals surface area contributed by atoms with Crippen molar-refractivity contribution in [2.45, 2.75) is 66.4 Å². The predicted octanol–water partition coefficient (Wildman–Crippen LogP) is 1.89. The van der Waals surface area contributed by atoms with Crippen molar-refractivity contribution < 1.29 is 9.84 Å². The maximum Gasteiger partial charge on any atom is 0.330 e. The maximum atomic E-state index is 12.0. The normalized spacial score (nSPS) is 29.0. The average molecular weight is 324 g/mol. The first-order valence-corrected chi connectivity index (χ1v) is 8.05. The number of aliphatic hydroxyl groups excluding tert-OH is 1. The molecule has 0 radical (unpaired) electrons.